The molecule has 1 saturated heterocycles. The van der Waals surface area contributed by atoms with Crippen molar-refractivity contribution in [2.24, 2.45) is 0 Å². The Hall–Kier alpha value is -1.14. The van der Waals surface area contributed by atoms with Gasteiger partial charge in [0, 0.05) is 6.61 Å². The summed E-state index contributed by atoms with van der Waals surface area (Å²) in [6, 6.07) is 0.230. The van der Waals surface area contributed by atoms with Crippen molar-refractivity contribution in [2.75, 3.05) is 24.3 Å². The Kier molecular flexibility index (Phi) is 2.64. The maximum absolute atomic E-state index is 5.62. The van der Waals surface area contributed by atoms with Crippen LogP contribution in [0.15, 0.2) is 0 Å². The summed E-state index contributed by atoms with van der Waals surface area (Å²) < 4.78 is 5.19. The number of halogens is 1. The lowest BCUT2D eigenvalue weighted by Gasteiger charge is -2.09. The van der Waals surface area contributed by atoms with Gasteiger partial charge in [0.2, 0.25) is 17.2 Å². The average Bonchev–Trinajstić information content (AvgIpc) is 2.54. The molecule has 0 bridgehead atoms. The van der Waals surface area contributed by atoms with E-state index in [2.05, 4.69) is 20.3 Å². The summed E-state index contributed by atoms with van der Waals surface area (Å²) in [6.45, 7) is 1.41. The molecule has 2 heterocycles. The van der Waals surface area contributed by atoms with Crippen LogP contribution in [0.3, 0.4) is 0 Å². The van der Waals surface area contributed by atoms with Gasteiger partial charge in [-0.3, -0.25) is 0 Å². The summed E-state index contributed by atoms with van der Waals surface area (Å²) in [5.41, 5.74) is 5.42. The molecule has 2 rings (SSSR count). The van der Waals surface area contributed by atoms with Gasteiger partial charge < -0.3 is 15.8 Å². The van der Waals surface area contributed by atoms with E-state index < -0.39 is 0 Å². The van der Waals surface area contributed by atoms with Crippen molar-refractivity contribution in [3.63, 3.8) is 0 Å². The van der Waals surface area contributed by atoms with E-state index in [0.29, 0.717) is 12.6 Å². The number of aromatic nitrogens is 3. The minimum absolute atomic E-state index is 0.0962. The van der Waals surface area contributed by atoms with E-state index in [-0.39, 0.29) is 17.3 Å². The number of nitrogens with two attached hydrogens (primary N) is 1. The molecule has 3 N–H and O–H groups in total. The number of nitrogens with one attached hydrogen (secondary N) is 1. The van der Waals surface area contributed by atoms with E-state index in [1.807, 2.05) is 0 Å². The first-order valence-electron chi connectivity index (χ1n) is 4.25. The fourth-order valence-electron chi connectivity index (χ4n) is 1.26. The highest BCUT2D eigenvalue weighted by atomic mass is 35.5. The van der Waals surface area contributed by atoms with E-state index in [1.54, 1.807) is 0 Å². The van der Waals surface area contributed by atoms with Crippen LogP contribution in [0.1, 0.15) is 6.42 Å². The van der Waals surface area contributed by atoms with Crippen LogP contribution < -0.4 is 11.1 Å². The van der Waals surface area contributed by atoms with Gasteiger partial charge in [0.15, 0.2) is 0 Å². The Morgan fingerprint density at radius 1 is 1.43 bits per heavy atom. The van der Waals surface area contributed by atoms with E-state index in [1.165, 1.54) is 0 Å². The number of rotatable bonds is 2. The molecule has 1 unspecified atom stereocenters. The van der Waals surface area contributed by atoms with E-state index in [0.717, 1.165) is 13.0 Å². The summed E-state index contributed by atoms with van der Waals surface area (Å²) in [4.78, 5) is 11.5. The molecule has 6 nitrogen and oxygen atoms in total. The van der Waals surface area contributed by atoms with E-state index in [4.69, 9.17) is 22.1 Å². The standard InChI is InChI=1S/C7H10ClN5O/c8-5-11-6(9)13-7(12-5)10-4-1-2-14-3-4/h4H,1-3H2,(H3,9,10,11,12,13). The fourth-order valence-corrected chi connectivity index (χ4v) is 1.43. The third-order valence-electron chi connectivity index (χ3n) is 1.89. The Morgan fingerprint density at radius 2 is 2.29 bits per heavy atom. The van der Waals surface area contributed by atoms with Gasteiger partial charge in [0.1, 0.15) is 0 Å². The van der Waals surface area contributed by atoms with Crippen LogP contribution >= 0.6 is 11.6 Å². The largest absolute Gasteiger partial charge is 0.379 e. The third kappa shape index (κ3) is 2.21. The van der Waals surface area contributed by atoms with Crippen LogP contribution in [0.4, 0.5) is 11.9 Å². The van der Waals surface area contributed by atoms with Crippen LogP contribution in [0.5, 0.6) is 0 Å². The van der Waals surface area contributed by atoms with Crippen LogP contribution in [0.2, 0.25) is 5.28 Å². The first-order chi connectivity index (χ1) is 6.74. The highest BCUT2D eigenvalue weighted by Crippen LogP contribution is 2.12. The molecule has 1 aromatic rings. The quantitative estimate of drug-likeness (QED) is 0.739. The van der Waals surface area contributed by atoms with Gasteiger partial charge in [-0.05, 0) is 18.0 Å². The van der Waals surface area contributed by atoms with Gasteiger partial charge in [-0.25, -0.2) is 0 Å². The number of anilines is 2. The van der Waals surface area contributed by atoms with Crippen molar-refractivity contribution in [3.8, 4) is 0 Å². The monoisotopic (exact) mass is 215 g/mol. The predicted molar refractivity (Wildman–Crippen MR) is 52.1 cm³/mol. The zero-order valence-corrected chi connectivity index (χ0v) is 8.16. The van der Waals surface area contributed by atoms with Gasteiger partial charge in [-0.1, -0.05) is 0 Å². The Labute approximate surface area is 85.9 Å². The normalized spacial score (nSPS) is 21.1. The molecule has 0 aliphatic carbocycles. The van der Waals surface area contributed by atoms with Crippen LogP contribution in [-0.4, -0.2) is 34.2 Å². The van der Waals surface area contributed by atoms with Crippen LogP contribution in [0.25, 0.3) is 0 Å². The smallest absolute Gasteiger partial charge is 0.229 e. The van der Waals surface area contributed by atoms with Gasteiger partial charge in [-0.2, -0.15) is 15.0 Å². The van der Waals surface area contributed by atoms with Crippen LogP contribution in [0, 0.1) is 0 Å². The Morgan fingerprint density at radius 3 is 2.93 bits per heavy atom. The number of ether oxygens (including phenoxy) is 1. The minimum Gasteiger partial charge on any atom is -0.379 e. The zero-order chi connectivity index (χ0) is 9.97. The molecule has 1 atom stereocenters. The van der Waals surface area contributed by atoms with Gasteiger partial charge in [0.05, 0.1) is 12.6 Å². The van der Waals surface area contributed by atoms with E-state index in [9.17, 15) is 0 Å². The molecule has 1 fully saturated rings. The van der Waals surface area contributed by atoms with Crippen molar-refractivity contribution >= 4 is 23.5 Å². The highest BCUT2D eigenvalue weighted by Gasteiger charge is 2.16. The zero-order valence-electron chi connectivity index (χ0n) is 7.40. The van der Waals surface area contributed by atoms with Crippen molar-refractivity contribution < 1.29 is 4.74 Å². The second-order valence-electron chi connectivity index (χ2n) is 2.99. The molecule has 0 spiro atoms. The molecule has 0 aromatic carbocycles. The average molecular weight is 216 g/mol. The molecule has 14 heavy (non-hydrogen) atoms. The van der Waals surface area contributed by atoms with Crippen molar-refractivity contribution in [3.05, 3.63) is 5.28 Å². The minimum atomic E-state index is 0.0962. The molecular weight excluding hydrogens is 206 g/mol. The maximum atomic E-state index is 5.62. The number of hydrogen-bond acceptors (Lipinski definition) is 6. The first-order valence-corrected chi connectivity index (χ1v) is 4.63. The molecule has 1 aliphatic heterocycles. The summed E-state index contributed by atoms with van der Waals surface area (Å²) in [5.74, 6) is 0.518. The Bertz CT molecular complexity index is 308. The first kappa shape index (κ1) is 9.42. The lowest BCUT2D eigenvalue weighted by Crippen LogP contribution is -2.21. The van der Waals surface area contributed by atoms with Gasteiger partial charge in [-0.15, -0.1) is 0 Å². The van der Waals surface area contributed by atoms with Crippen molar-refractivity contribution in [1.29, 1.82) is 0 Å². The molecule has 0 saturated carbocycles. The van der Waals surface area contributed by atoms with Gasteiger partial charge >= 0.3 is 0 Å². The lowest BCUT2D eigenvalue weighted by molar-refractivity contribution is 0.195. The summed E-state index contributed by atoms with van der Waals surface area (Å²) in [5, 5.41) is 3.17. The molecule has 0 amide bonds. The summed E-state index contributed by atoms with van der Waals surface area (Å²) >= 11 is 5.62. The molecule has 76 valence electrons. The maximum Gasteiger partial charge on any atom is 0.229 e. The predicted octanol–water partition coefficient (Wildman–Crippen LogP) is 0.308. The Balaban J connectivity index is 2.07. The van der Waals surface area contributed by atoms with Crippen molar-refractivity contribution in [2.45, 2.75) is 12.5 Å². The highest BCUT2D eigenvalue weighted by molar-refractivity contribution is 6.28. The van der Waals surface area contributed by atoms with E-state index >= 15 is 0 Å². The third-order valence-corrected chi connectivity index (χ3v) is 2.06. The van der Waals surface area contributed by atoms with Gasteiger partial charge in [0.25, 0.3) is 0 Å². The fraction of sp³-hybridized carbons (Fsp3) is 0.571. The summed E-state index contributed by atoms with van der Waals surface area (Å²) in [6.07, 6.45) is 0.934. The molecule has 1 aliphatic rings. The molecular formula is C7H10ClN5O. The number of nitrogens with zero attached hydrogens (tertiary/aromatic N) is 3. The van der Waals surface area contributed by atoms with Crippen LogP contribution in [-0.2, 0) is 4.74 Å². The van der Waals surface area contributed by atoms with Crippen molar-refractivity contribution in [1.82, 2.24) is 15.0 Å². The number of nitrogen functional groups attached to an aromatic ring is 1. The molecule has 1 aromatic heterocycles. The lowest BCUT2D eigenvalue weighted by atomic mass is 10.3. The second-order valence-corrected chi connectivity index (χ2v) is 3.33. The number of hydrogen-bond donors (Lipinski definition) is 2. The summed E-state index contributed by atoms with van der Waals surface area (Å²) in [7, 11) is 0. The molecule has 7 heteroatoms. The SMILES string of the molecule is Nc1nc(Cl)nc(NC2CCOC2)n1. The topological polar surface area (TPSA) is 86.0 Å². The molecule has 0 radical (unpaired) electrons. The second kappa shape index (κ2) is 3.93.